The van der Waals surface area contributed by atoms with E-state index in [0.717, 1.165) is 12.1 Å². The number of hydrogen-bond donors (Lipinski definition) is 1. The first kappa shape index (κ1) is 26.3. The van der Waals surface area contributed by atoms with E-state index in [4.69, 9.17) is 11.6 Å². The Hall–Kier alpha value is -2.78. The first-order valence-corrected chi connectivity index (χ1v) is 13.4. The smallest absolute Gasteiger partial charge is 0.227 e. The highest BCUT2D eigenvalue weighted by Crippen LogP contribution is 2.29. The maximum Gasteiger partial charge on any atom is 0.227 e. The van der Waals surface area contributed by atoms with Gasteiger partial charge in [-0.05, 0) is 55.3 Å². The molecule has 192 valence electrons. The van der Waals surface area contributed by atoms with Crippen molar-refractivity contribution in [3.05, 3.63) is 76.1 Å². The first-order valence-electron chi connectivity index (χ1n) is 11.7. The third-order valence-corrected chi connectivity index (χ3v) is 8.00. The Balaban J connectivity index is 1.53. The highest BCUT2D eigenvalue weighted by molar-refractivity contribution is 7.86. The van der Waals surface area contributed by atoms with Crippen LogP contribution in [0.3, 0.4) is 0 Å². The molecule has 2 atom stereocenters. The van der Waals surface area contributed by atoms with Crippen LogP contribution in [-0.4, -0.2) is 32.2 Å². The Morgan fingerprint density at radius 1 is 1.17 bits per heavy atom. The number of benzene rings is 2. The highest BCUT2D eigenvalue weighted by atomic mass is 35.5. The van der Waals surface area contributed by atoms with Gasteiger partial charge in [-0.15, -0.1) is 0 Å². The fraction of sp³-hybridized carbons (Fsp3) is 0.385. The van der Waals surface area contributed by atoms with Gasteiger partial charge in [0.15, 0.2) is 0 Å². The van der Waals surface area contributed by atoms with Crippen molar-refractivity contribution in [2.75, 3.05) is 16.6 Å². The van der Waals surface area contributed by atoms with Gasteiger partial charge in [0, 0.05) is 17.7 Å². The molecular weight excluding hydrogens is 506 g/mol. The lowest BCUT2D eigenvalue weighted by Crippen LogP contribution is -2.28. The Bertz CT molecular complexity index is 1320. The predicted molar refractivity (Wildman–Crippen MR) is 139 cm³/mol. The van der Waals surface area contributed by atoms with Crippen molar-refractivity contribution in [1.29, 1.82) is 0 Å². The molecule has 10 heteroatoms. The molecule has 36 heavy (non-hydrogen) atoms. The van der Waals surface area contributed by atoms with Gasteiger partial charge in [-0.25, -0.2) is 17.7 Å². The fourth-order valence-electron chi connectivity index (χ4n) is 4.00. The molecule has 2 aromatic carbocycles. The number of anilines is 1. The largest absolute Gasteiger partial charge is 0.350 e. The van der Waals surface area contributed by atoms with Gasteiger partial charge < -0.3 is 5.32 Å². The van der Waals surface area contributed by atoms with Crippen LogP contribution < -0.4 is 9.62 Å². The van der Waals surface area contributed by atoms with E-state index < -0.39 is 28.5 Å². The molecule has 2 unspecified atom stereocenters. The zero-order chi connectivity index (χ0) is 26.2. The van der Waals surface area contributed by atoms with Gasteiger partial charge in [0.05, 0.1) is 40.2 Å². The summed E-state index contributed by atoms with van der Waals surface area (Å²) < 4.78 is 43.8. The summed E-state index contributed by atoms with van der Waals surface area (Å²) in [5.74, 6) is -1.40. The molecule has 1 N–H and O–H groups in total. The van der Waals surface area contributed by atoms with Crippen LogP contribution in [0.2, 0.25) is 5.02 Å². The summed E-state index contributed by atoms with van der Waals surface area (Å²) in [6.07, 6.45) is 0.754. The summed E-state index contributed by atoms with van der Waals surface area (Å²) in [5, 5.41) is 7.56. The number of nitrogens with zero attached hydrogens (tertiary/aromatic N) is 3. The van der Waals surface area contributed by atoms with Gasteiger partial charge >= 0.3 is 0 Å². The average Bonchev–Trinajstić information content (AvgIpc) is 3.45. The van der Waals surface area contributed by atoms with Crippen LogP contribution in [0, 0.1) is 11.6 Å². The lowest BCUT2D eigenvalue weighted by atomic mass is 9.92. The van der Waals surface area contributed by atoms with E-state index in [1.54, 1.807) is 34.1 Å². The maximum absolute atomic E-state index is 14.8. The molecule has 0 radical (unpaired) electrons. The van der Waals surface area contributed by atoms with Crippen molar-refractivity contribution >= 4 is 34.2 Å². The zero-order valence-electron chi connectivity index (χ0n) is 20.6. The third kappa shape index (κ3) is 5.47. The van der Waals surface area contributed by atoms with E-state index in [0.29, 0.717) is 34.9 Å². The Morgan fingerprint density at radius 2 is 1.92 bits per heavy atom. The molecule has 1 fully saturated rings. The number of rotatable bonds is 6. The van der Waals surface area contributed by atoms with Crippen molar-refractivity contribution < 1.29 is 17.8 Å². The van der Waals surface area contributed by atoms with E-state index in [2.05, 4.69) is 10.4 Å². The van der Waals surface area contributed by atoms with Crippen molar-refractivity contribution in [3.8, 4) is 5.69 Å². The second-order valence-corrected chi connectivity index (χ2v) is 11.8. The minimum absolute atomic E-state index is 0.0212. The van der Waals surface area contributed by atoms with Crippen LogP contribution in [0.1, 0.15) is 57.0 Å². The summed E-state index contributed by atoms with van der Waals surface area (Å²) in [6.45, 7) is 8.49. The summed E-state index contributed by atoms with van der Waals surface area (Å²) in [5.41, 5.74) is 2.63. The molecule has 1 aliphatic heterocycles. The van der Waals surface area contributed by atoms with Crippen LogP contribution in [0.25, 0.3) is 5.69 Å². The van der Waals surface area contributed by atoms with E-state index >= 15 is 0 Å². The third-order valence-electron chi connectivity index (χ3n) is 6.20. The average molecular weight is 535 g/mol. The van der Waals surface area contributed by atoms with Crippen molar-refractivity contribution in [2.24, 2.45) is 0 Å². The van der Waals surface area contributed by atoms with Crippen molar-refractivity contribution in [1.82, 2.24) is 15.1 Å². The summed E-state index contributed by atoms with van der Waals surface area (Å²) >= 11 is 5.99. The SMILES string of the molecule is CC(C(=O)NCc1cc(C(C)(C)C)nn1-c1ccc(F)c(Cl)c1)c1ccc(N2CCCS2=O)c(F)c1. The second-order valence-electron chi connectivity index (χ2n) is 9.91. The number of hydrogen-bond acceptors (Lipinski definition) is 3. The zero-order valence-corrected chi connectivity index (χ0v) is 22.2. The van der Waals surface area contributed by atoms with Gasteiger partial charge in [-0.2, -0.15) is 5.10 Å². The molecule has 6 nitrogen and oxygen atoms in total. The summed E-state index contributed by atoms with van der Waals surface area (Å²) in [6, 6.07) is 10.8. The molecular formula is C26H29ClF2N4O2S. The molecule has 4 rings (SSSR count). The number of aromatic nitrogens is 2. The number of carbonyl (C=O) groups is 1. The molecule has 3 aromatic rings. The number of halogens is 3. The predicted octanol–water partition coefficient (Wildman–Crippen LogP) is 5.40. The van der Waals surface area contributed by atoms with Crippen LogP contribution in [0.15, 0.2) is 42.5 Å². The van der Waals surface area contributed by atoms with Gasteiger partial charge in [-0.3, -0.25) is 9.10 Å². The molecule has 0 bridgehead atoms. The molecule has 1 aromatic heterocycles. The molecule has 0 aliphatic carbocycles. The van der Waals surface area contributed by atoms with Gasteiger partial charge in [0.25, 0.3) is 0 Å². The standard InChI is InChI=1S/C26H29ClF2N4O2S/c1-16(17-6-9-23(22(29)12-17)32-10-5-11-36(32)35)25(34)30-15-19-14-24(26(2,3)4)31-33(19)18-7-8-21(28)20(27)13-18/h6-9,12-14,16H,5,10-11,15H2,1-4H3,(H,30,34). The normalized spacial score (nSPS) is 16.9. The molecule has 0 spiro atoms. The van der Waals surface area contributed by atoms with Crippen LogP contribution >= 0.6 is 11.6 Å². The lowest BCUT2D eigenvalue weighted by Gasteiger charge is -2.19. The topological polar surface area (TPSA) is 67.2 Å². The minimum Gasteiger partial charge on any atom is -0.350 e. The monoisotopic (exact) mass is 534 g/mol. The van der Waals surface area contributed by atoms with Crippen molar-refractivity contribution in [2.45, 2.75) is 52.0 Å². The molecule has 2 heterocycles. The molecule has 1 amide bonds. The Morgan fingerprint density at radius 3 is 2.53 bits per heavy atom. The molecule has 1 aliphatic rings. The molecule has 0 saturated carbocycles. The Labute approximate surface area is 217 Å². The number of amides is 1. The quantitative estimate of drug-likeness (QED) is 0.461. The maximum atomic E-state index is 14.8. The van der Waals surface area contributed by atoms with Crippen molar-refractivity contribution in [3.63, 3.8) is 0 Å². The van der Waals surface area contributed by atoms with E-state index in [1.807, 2.05) is 26.8 Å². The van der Waals surface area contributed by atoms with Crippen LogP contribution in [0.4, 0.5) is 14.5 Å². The van der Waals surface area contributed by atoms with E-state index in [-0.39, 0.29) is 22.9 Å². The van der Waals surface area contributed by atoms with Crippen LogP contribution in [-0.2, 0) is 27.7 Å². The fourth-order valence-corrected chi connectivity index (χ4v) is 5.47. The van der Waals surface area contributed by atoms with Gasteiger partial charge in [0.2, 0.25) is 5.91 Å². The second kappa shape index (κ2) is 10.3. The number of nitrogens with one attached hydrogen (secondary N) is 1. The van der Waals surface area contributed by atoms with E-state index in [1.165, 1.54) is 18.2 Å². The van der Waals surface area contributed by atoms with Gasteiger partial charge in [-0.1, -0.05) is 38.4 Å². The van der Waals surface area contributed by atoms with E-state index in [9.17, 15) is 17.8 Å². The Kier molecular flexibility index (Phi) is 7.52. The highest BCUT2D eigenvalue weighted by Gasteiger charge is 2.25. The summed E-state index contributed by atoms with van der Waals surface area (Å²) in [4.78, 5) is 13.0. The first-order chi connectivity index (χ1) is 17.0. The lowest BCUT2D eigenvalue weighted by molar-refractivity contribution is -0.122. The molecule has 1 saturated heterocycles. The minimum atomic E-state index is -1.22. The van der Waals surface area contributed by atoms with Crippen LogP contribution in [0.5, 0.6) is 0 Å². The summed E-state index contributed by atoms with van der Waals surface area (Å²) in [7, 11) is -1.22. The van der Waals surface area contributed by atoms with Gasteiger partial charge in [0.1, 0.15) is 22.6 Å². The number of carbonyl (C=O) groups excluding carboxylic acids is 1.